The summed E-state index contributed by atoms with van der Waals surface area (Å²) in [5.41, 5.74) is 2.75. The van der Waals surface area contributed by atoms with Crippen LogP contribution in [0.1, 0.15) is 42.1 Å². The highest BCUT2D eigenvalue weighted by Gasteiger charge is 2.09. The Balaban J connectivity index is 2.62. The molecule has 0 atom stereocenters. The van der Waals surface area contributed by atoms with Crippen LogP contribution >= 0.6 is 0 Å². The minimum absolute atomic E-state index is 0.00505. The fourth-order valence-electron chi connectivity index (χ4n) is 1.74. The maximum atomic E-state index is 11.9. The molecule has 3 nitrogen and oxygen atoms in total. The van der Waals surface area contributed by atoms with E-state index in [0.717, 1.165) is 36.2 Å². The van der Waals surface area contributed by atoms with Gasteiger partial charge in [0.2, 0.25) is 0 Å². The van der Waals surface area contributed by atoms with Crippen molar-refractivity contribution in [3.63, 3.8) is 0 Å². The molecule has 0 spiro atoms. The van der Waals surface area contributed by atoms with Crippen molar-refractivity contribution in [2.45, 2.75) is 33.1 Å². The SMILES string of the molecule is CCCCCNC(=O)c1ccc(C)cc1NC. The Morgan fingerprint density at radius 3 is 2.71 bits per heavy atom. The maximum Gasteiger partial charge on any atom is 0.253 e. The first-order valence-electron chi connectivity index (χ1n) is 6.25. The molecule has 0 unspecified atom stereocenters. The summed E-state index contributed by atoms with van der Waals surface area (Å²) in [6.07, 6.45) is 3.37. The van der Waals surface area contributed by atoms with Crippen LogP contribution in [-0.2, 0) is 0 Å². The van der Waals surface area contributed by atoms with Gasteiger partial charge in [0.15, 0.2) is 0 Å². The van der Waals surface area contributed by atoms with Gasteiger partial charge in [0, 0.05) is 19.3 Å². The topological polar surface area (TPSA) is 41.1 Å². The Bertz CT molecular complexity index is 374. The lowest BCUT2D eigenvalue weighted by molar-refractivity contribution is 0.0954. The number of amides is 1. The Morgan fingerprint density at radius 1 is 1.29 bits per heavy atom. The number of carbonyl (C=O) groups excluding carboxylic acids is 1. The lowest BCUT2D eigenvalue weighted by Gasteiger charge is -2.10. The number of anilines is 1. The lowest BCUT2D eigenvalue weighted by Crippen LogP contribution is -2.25. The molecule has 17 heavy (non-hydrogen) atoms. The number of unbranched alkanes of at least 4 members (excludes halogenated alkanes) is 2. The fourth-order valence-corrected chi connectivity index (χ4v) is 1.74. The molecule has 1 amide bonds. The molecule has 0 bridgehead atoms. The lowest BCUT2D eigenvalue weighted by atomic mass is 10.1. The molecule has 0 aliphatic carbocycles. The van der Waals surface area contributed by atoms with Crippen molar-refractivity contribution >= 4 is 11.6 Å². The van der Waals surface area contributed by atoms with E-state index in [1.165, 1.54) is 6.42 Å². The normalized spacial score (nSPS) is 10.1. The summed E-state index contributed by atoms with van der Waals surface area (Å²) in [5, 5.41) is 6.01. The smallest absolute Gasteiger partial charge is 0.253 e. The molecule has 0 radical (unpaired) electrons. The molecular weight excluding hydrogens is 212 g/mol. The van der Waals surface area contributed by atoms with Crippen LogP contribution in [0.3, 0.4) is 0 Å². The minimum Gasteiger partial charge on any atom is -0.387 e. The predicted octanol–water partition coefficient (Wildman–Crippen LogP) is 2.96. The molecule has 0 heterocycles. The summed E-state index contributed by atoms with van der Waals surface area (Å²) in [5.74, 6) is 0.00505. The summed E-state index contributed by atoms with van der Waals surface area (Å²) in [6, 6.07) is 5.82. The second-order valence-electron chi connectivity index (χ2n) is 4.26. The highest BCUT2D eigenvalue weighted by atomic mass is 16.1. The van der Waals surface area contributed by atoms with Crippen LogP contribution < -0.4 is 10.6 Å². The highest BCUT2D eigenvalue weighted by Crippen LogP contribution is 2.16. The van der Waals surface area contributed by atoms with Crippen LogP contribution in [0.25, 0.3) is 0 Å². The van der Waals surface area contributed by atoms with Crippen LogP contribution in [0.15, 0.2) is 18.2 Å². The van der Waals surface area contributed by atoms with Crippen LogP contribution in [0.2, 0.25) is 0 Å². The van der Waals surface area contributed by atoms with Crippen molar-refractivity contribution in [3.8, 4) is 0 Å². The standard InChI is InChI=1S/C14H22N2O/c1-4-5-6-9-16-14(17)12-8-7-11(2)10-13(12)15-3/h7-8,10,15H,4-6,9H2,1-3H3,(H,16,17). The van der Waals surface area contributed by atoms with E-state index in [-0.39, 0.29) is 5.91 Å². The van der Waals surface area contributed by atoms with Gasteiger partial charge in [0.05, 0.1) is 5.56 Å². The molecule has 1 aromatic rings. The third-order valence-electron chi connectivity index (χ3n) is 2.75. The predicted molar refractivity (Wildman–Crippen MR) is 72.6 cm³/mol. The third kappa shape index (κ3) is 4.10. The summed E-state index contributed by atoms with van der Waals surface area (Å²) in [7, 11) is 1.84. The van der Waals surface area contributed by atoms with Crippen molar-refractivity contribution in [2.24, 2.45) is 0 Å². The van der Waals surface area contributed by atoms with Crippen LogP contribution in [0, 0.1) is 6.92 Å². The number of aryl methyl sites for hydroxylation is 1. The Labute approximate surface area is 104 Å². The van der Waals surface area contributed by atoms with Gasteiger partial charge >= 0.3 is 0 Å². The van der Waals surface area contributed by atoms with Crippen molar-refractivity contribution in [2.75, 3.05) is 18.9 Å². The van der Waals surface area contributed by atoms with Gasteiger partial charge < -0.3 is 10.6 Å². The number of benzene rings is 1. The average Bonchev–Trinajstić information content (AvgIpc) is 2.34. The Morgan fingerprint density at radius 2 is 2.06 bits per heavy atom. The van der Waals surface area contributed by atoms with Gasteiger partial charge in [-0.25, -0.2) is 0 Å². The molecule has 0 saturated carbocycles. The first kappa shape index (κ1) is 13.6. The zero-order chi connectivity index (χ0) is 12.7. The van der Waals surface area contributed by atoms with E-state index in [4.69, 9.17) is 0 Å². The van der Waals surface area contributed by atoms with Gasteiger partial charge in [0.25, 0.3) is 5.91 Å². The van der Waals surface area contributed by atoms with Crippen LogP contribution in [0.5, 0.6) is 0 Å². The number of carbonyl (C=O) groups is 1. The molecule has 1 aromatic carbocycles. The molecule has 0 aliphatic heterocycles. The molecule has 0 aromatic heterocycles. The summed E-state index contributed by atoms with van der Waals surface area (Å²) < 4.78 is 0. The molecule has 0 saturated heterocycles. The molecular formula is C14H22N2O. The summed E-state index contributed by atoms with van der Waals surface area (Å²) in [4.78, 5) is 11.9. The van der Waals surface area contributed by atoms with Crippen molar-refractivity contribution in [1.82, 2.24) is 5.32 Å². The van der Waals surface area contributed by atoms with E-state index < -0.39 is 0 Å². The van der Waals surface area contributed by atoms with E-state index >= 15 is 0 Å². The van der Waals surface area contributed by atoms with Gasteiger partial charge in [-0.1, -0.05) is 25.8 Å². The highest BCUT2D eigenvalue weighted by molar-refractivity contribution is 5.99. The Kier molecular flexibility index (Phi) is 5.53. The van der Waals surface area contributed by atoms with E-state index in [1.54, 1.807) is 0 Å². The van der Waals surface area contributed by atoms with Crippen molar-refractivity contribution < 1.29 is 4.79 Å². The molecule has 1 rings (SSSR count). The van der Waals surface area contributed by atoms with Crippen molar-refractivity contribution in [1.29, 1.82) is 0 Å². The zero-order valence-electron chi connectivity index (χ0n) is 11.0. The second kappa shape index (κ2) is 6.94. The summed E-state index contributed by atoms with van der Waals surface area (Å²) in [6.45, 7) is 4.92. The van der Waals surface area contributed by atoms with E-state index in [2.05, 4.69) is 17.6 Å². The van der Waals surface area contributed by atoms with E-state index in [1.807, 2.05) is 32.2 Å². The van der Waals surface area contributed by atoms with Gasteiger partial charge in [-0.2, -0.15) is 0 Å². The quantitative estimate of drug-likeness (QED) is 0.743. The third-order valence-corrected chi connectivity index (χ3v) is 2.75. The van der Waals surface area contributed by atoms with E-state index in [9.17, 15) is 4.79 Å². The van der Waals surface area contributed by atoms with Crippen LogP contribution in [0.4, 0.5) is 5.69 Å². The van der Waals surface area contributed by atoms with Crippen LogP contribution in [-0.4, -0.2) is 19.5 Å². The molecule has 2 N–H and O–H groups in total. The fraction of sp³-hybridized carbons (Fsp3) is 0.500. The van der Waals surface area contributed by atoms with Crippen molar-refractivity contribution in [3.05, 3.63) is 29.3 Å². The first-order chi connectivity index (χ1) is 8.19. The Hall–Kier alpha value is -1.51. The molecule has 3 heteroatoms. The zero-order valence-corrected chi connectivity index (χ0v) is 11.0. The first-order valence-corrected chi connectivity index (χ1v) is 6.25. The molecule has 94 valence electrons. The van der Waals surface area contributed by atoms with Gasteiger partial charge in [-0.3, -0.25) is 4.79 Å². The number of hydrogen-bond donors (Lipinski definition) is 2. The second-order valence-corrected chi connectivity index (χ2v) is 4.26. The molecule has 0 fully saturated rings. The molecule has 0 aliphatic rings. The maximum absolute atomic E-state index is 11.9. The summed E-state index contributed by atoms with van der Waals surface area (Å²) >= 11 is 0. The average molecular weight is 234 g/mol. The largest absolute Gasteiger partial charge is 0.387 e. The number of hydrogen-bond acceptors (Lipinski definition) is 2. The van der Waals surface area contributed by atoms with Gasteiger partial charge in [0.1, 0.15) is 0 Å². The van der Waals surface area contributed by atoms with E-state index in [0.29, 0.717) is 0 Å². The minimum atomic E-state index is 0.00505. The number of nitrogens with one attached hydrogen (secondary N) is 2. The van der Waals surface area contributed by atoms with Gasteiger partial charge in [-0.05, 0) is 31.0 Å². The number of rotatable bonds is 6. The van der Waals surface area contributed by atoms with Gasteiger partial charge in [-0.15, -0.1) is 0 Å². The monoisotopic (exact) mass is 234 g/mol.